The van der Waals surface area contributed by atoms with Crippen LogP contribution in [0.15, 0.2) is 136 Å². The van der Waals surface area contributed by atoms with Gasteiger partial charge in [0.2, 0.25) is 0 Å². The zero-order chi connectivity index (χ0) is 25.2. The Balaban J connectivity index is 1.37. The molecule has 38 heavy (non-hydrogen) atoms. The molecule has 0 amide bonds. The van der Waals surface area contributed by atoms with Crippen molar-refractivity contribution in [3.63, 3.8) is 0 Å². The van der Waals surface area contributed by atoms with Gasteiger partial charge in [-0.15, -0.1) is 0 Å². The van der Waals surface area contributed by atoms with E-state index >= 15 is 0 Å². The van der Waals surface area contributed by atoms with Crippen LogP contribution in [0.2, 0.25) is 5.02 Å². The van der Waals surface area contributed by atoms with Crippen molar-refractivity contribution in [1.29, 1.82) is 0 Å². The summed E-state index contributed by atoms with van der Waals surface area (Å²) in [7, 11) is 0. The zero-order valence-electron chi connectivity index (χ0n) is 20.2. The highest BCUT2D eigenvalue weighted by molar-refractivity contribution is 7.99. The lowest BCUT2D eigenvalue weighted by Crippen LogP contribution is -2.15. The van der Waals surface area contributed by atoms with Crippen molar-refractivity contribution in [1.82, 2.24) is 0 Å². The van der Waals surface area contributed by atoms with Crippen LogP contribution in [0.5, 0.6) is 0 Å². The third-order valence-corrected chi connectivity index (χ3v) is 8.72. The number of para-hydroxylation sites is 2. The first-order chi connectivity index (χ1) is 18.8. The molecule has 8 rings (SSSR count). The molecule has 0 radical (unpaired) electrons. The maximum atomic E-state index is 6.87. The molecule has 2 heterocycles. The minimum Gasteiger partial charge on any atom is -0.456 e. The largest absolute Gasteiger partial charge is 0.456 e. The molecule has 0 atom stereocenters. The van der Waals surface area contributed by atoms with E-state index in [2.05, 4.69) is 95.9 Å². The molecule has 0 N–H and O–H groups in total. The molecule has 0 unspecified atom stereocenters. The molecule has 4 heteroatoms. The van der Waals surface area contributed by atoms with Crippen molar-refractivity contribution in [3.8, 4) is 11.1 Å². The smallest absolute Gasteiger partial charge is 0.136 e. The fourth-order valence-corrected chi connectivity index (χ4v) is 7.10. The first kappa shape index (κ1) is 21.9. The first-order valence-corrected chi connectivity index (χ1v) is 13.7. The number of furan rings is 1. The Kier molecular flexibility index (Phi) is 4.84. The summed E-state index contributed by atoms with van der Waals surface area (Å²) in [6.07, 6.45) is 0. The summed E-state index contributed by atoms with van der Waals surface area (Å²) < 4.78 is 6.17. The fourth-order valence-electron chi connectivity index (χ4n) is 5.65. The van der Waals surface area contributed by atoms with Gasteiger partial charge in [0.25, 0.3) is 0 Å². The lowest BCUT2D eigenvalue weighted by Gasteiger charge is -2.34. The predicted molar refractivity (Wildman–Crippen MR) is 160 cm³/mol. The molecular formula is C34H20ClNOS. The summed E-state index contributed by atoms with van der Waals surface area (Å²) in [5, 5.41) is 5.43. The van der Waals surface area contributed by atoms with Gasteiger partial charge in [-0.1, -0.05) is 102 Å². The van der Waals surface area contributed by atoms with E-state index in [0.29, 0.717) is 0 Å². The van der Waals surface area contributed by atoms with Gasteiger partial charge in [-0.2, -0.15) is 0 Å². The van der Waals surface area contributed by atoms with E-state index in [1.807, 2.05) is 30.3 Å². The number of hydrogen-bond acceptors (Lipinski definition) is 3. The summed E-state index contributed by atoms with van der Waals surface area (Å²) in [6.45, 7) is 0. The van der Waals surface area contributed by atoms with E-state index in [0.717, 1.165) is 54.5 Å². The molecule has 0 fully saturated rings. The maximum Gasteiger partial charge on any atom is 0.136 e. The van der Waals surface area contributed by atoms with E-state index < -0.39 is 0 Å². The average molecular weight is 526 g/mol. The molecule has 0 saturated heterocycles. The Morgan fingerprint density at radius 1 is 0.605 bits per heavy atom. The van der Waals surface area contributed by atoms with Gasteiger partial charge in [0.05, 0.1) is 22.1 Å². The van der Waals surface area contributed by atoms with E-state index in [9.17, 15) is 0 Å². The molecule has 1 aliphatic rings. The first-order valence-electron chi connectivity index (χ1n) is 12.6. The van der Waals surface area contributed by atoms with Gasteiger partial charge in [-0.3, -0.25) is 0 Å². The summed E-state index contributed by atoms with van der Waals surface area (Å²) in [4.78, 5) is 4.65. The quantitative estimate of drug-likeness (QED) is 0.223. The van der Waals surface area contributed by atoms with Crippen LogP contribution in [0.4, 0.5) is 17.1 Å². The van der Waals surface area contributed by atoms with Crippen LogP contribution in [0.1, 0.15) is 0 Å². The highest BCUT2D eigenvalue weighted by atomic mass is 35.5. The van der Waals surface area contributed by atoms with Gasteiger partial charge < -0.3 is 9.32 Å². The minimum atomic E-state index is 0.743. The minimum absolute atomic E-state index is 0.743. The fraction of sp³-hybridized carbons (Fsp3) is 0. The molecule has 0 spiro atoms. The Morgan fingerprint density at radius 3 is 2.32 bits per heavy atom. The third kappa shape index (κ3) is 3.22. The van der Waals surface area contributed by atoms with E-state index in [1.165, 1.54) is 21.2 Å². The molecule has 0 aliphatic carbocycles. The van der Waals surface area contributed by atoms with Crippen LogP contribution < -0.4 is 4.90 Å². The Morgan fingerprint density at radius 2 is 1.37 bits per heavy atom. The SMILES string of the molecule is Clc1cccc2c1N(c1cccc3ccccc13)c1ccc(-c3cccc4oc5ccccc5c34)cc1S2. The van der Waals surface area contributed by atoms with Gasteiger partial charge in [-0.05, 0) is 59.0 Å². The topological polar surface area (TPSA) is 16.4 Å². The molecule has 1 aromatic heterocycles. The maximum absolute atomic E-state index is 6.87. The molecule has 6 aromatic carbocycles. The predicted octanol–water partition coefficient (Wildman–Crippen LogP) is 11.0. The van der Waals surface area contributed by atoms with Gasteiger partial charge in [0.15, 0.2) is 0 Å². The molecule has 7 aromatic rings. The van der Waals surface area contributed by atoms with Crippen LogP contribution in [-0.2, 0) is 0 Å². The van der Waals surface area contributed by atoms with Crippen molar-refractivity contribution in [2.45, 2.75) is 9.79 Å². The van der Waals surface area contributed by atoms with Crippen molar-refractivity contribution >= 4 is 73.1 Å². The van der Waals surface area contributed by atoms with Gasteiger partial charge >= 0.3 is 0 Å². The lowest BCUT2D eigenvalue weighted by atomic mass is 9.98. The van der Waals surface area contributed by atoms with E-state index in [-0.39, 0.29) is 0 Å². The highest BCUT2D eigenvalue weighted by Crippen LogP contribution is 2.55. The molecule has 180 valence electrons. The Bertz CT molecular complexity index is 2040. The van der Waals surface area contributed by atoms with Crippen molar-refractivity contribution in [3.05, 3.63) is 126 Å². The van der Waals surface area contributed by atoms with Gasteiger partial charge in [0.1, 0.15) is 11.2 Å². The Labute approximate surface area is 229 Å². The standard InChI is InChI=1S/C34H20ClNOS/c35-26-13-7-17-31-34(26)36(27-14-5-9-21-8-1-2-10-23(21)27)28-19-18-22(20-32(28)38-31)24-12-6-16-30-33(24)25-11-3-4-15-29(25)37-30/h1-20H. The number of benzene rings is 6. The van der Waals surface area contributed by atoms with Gasteiger partial charge in [0, 0.05) is 25.9 Å². The normalized spacial score (nSPS) is 12.7. The van der Waals surface area contributed by atoms with Crippen molar-refractivity contribution < 1.29 is 4.42 Å². The van der Waals surface area contributed by atoms with Crippen LogP contribution >= 0.6 is 23.4 Å². The van der Waals surface area contributed by atoms with Crippen LogP contribution in [0.25, 0.3) is 43.8 Å². The van der Waals surface area contributed by atoms with Crippen LogP contribution in [-0.4, -0.2) is 0 Å². The zero-order valence-corrected chi connectivity index (χ0v) is 21.8. The van der Waals surface area contributed by atoms with Crippen LogP contribution in [0.3, 0.4) is 0 Å². The second-order valence-electron chi connectivity index (χ2n) is 9.48. The average Bonchev–Trinajstić information content (AvgIpc) is 3.35. The highest BCUT2D eigenvalue weighted by Gasteiger charge is 2.28. The van der Waals surface area contributed by atoms with Crippen molar-refractivity contribution in [2.24, 2.45) is 0 Å². The number of nitrogens with zero attached hydrogens (tertiary/aromatic N) is 1. The second kappa shape index (κ2) is 8.42. The number of rotatable bonds is 2. The summed E-state index contributed by atoms with van der Waals surface area (Å²) in [5.41, 5.74) is 7.42. The number of anilines is 3. The lowest BCUT2D eigenvalue weighted by molar-refractivity contribution is 0.669. The van der Waals surface area contributed by atoms with Crippen LogP contribution in [0, 0.1) is 0 Å². The molecule has 0 saturated carbocycles. The summed E-state index contributed by atoms with van der Waals surface area (Å²) in [6, 6.07) is 42.5. The number of hydrogen-bond donors (Lipinski definition) is 0. The number of halogens is 1. The van der Waals surface area contributed by atoms with Gasteiger partial charge in [-0.25, -0.2) is 0 Å². The molecule has 2 nitrogen and oxygen atoms in total. The molecule has 0 bridgehead atoms. The van der Waals surface area contributed by atoms with E-state index in [1.54, 1.807) is 11.8 Å². The Hall–Kier alpha value is -4.18. The third-order valence-electron chi connectivity index (χ3n) is 7.32. The monoisotopic (exact) mass is 525 g/mol. The summed E-state index contributed by atoms with van der Waals surface area (Å²) in [5.74, 6) is 0. The second-order valence-corrected chi connectivity index (χ2v) is 11.0. The van der Waals surface area contributed by atoms with Crippen molar-refractivity contribution in [2.75, 3.05) is 4.90 Å². The molecule has 1 aliphatic heterocycles. The number of fused-ring (bicyclic) bond motifs is 6. The molecular weight excluding hydrogens is 506 g/mol. The van der Waals surface area contributed by atoms with E-state index in [4.69, 9.17) is 16.0 Å². The summed E-state index contributed by atoms with van der Waals surface area (Å²) >= 11 is 8.65.